The van der Waals surface area contributed by atoms with Gasteiger partial charge in [0.15, 0.2) is 0 Å². The number of rotatable bonds is 4. The van der Waals surface area contributed by atoms with Crippen molar-refractivity contribution >= 4 is 17.5 Å². The minimum absolute atomic E-state index is 0.158. The molecule has 2 rings (SSSR count). The van der Waals surface area contributed by atoms with E-state index in [1.165, 1.54) is 0 Å². The second kappa shape index (κ2) is 4.93. The average Bonchev–Trinajstić information content (AvgIpc) is 3.11. The number of amides is 1. The highest BCUT2D eigenvalue weighted by Gasteiger charge is 2.51. The van der Waals surface area contributed by atoms with E-state index in [2.05, 4.69) is 26.1 Å². The first-order valence-electron chi connectivity index (χ1n) is 6.53. The quantitative estimate of drug-likeness (QED) is 0.887. The Kier molecular flexibility index (Phi) is 3.67. The van der Waals surface area contributed by atoms with Gasteiger partial charge in [-0.05, 0) is 43.4 Å². The van der Waals surface area contributed by atoms with Gasteiger partial charge in [0.25, 0.3) is 0 Å². The number of nitrogens with one attached hydrogen (secondary N) is 1. The third kappa shape index (κ3) is 2.54. The van der Waals surface area contributed by atoms with E-state index in [0.29, 0.717) is 10.9 Å². The number of halogens is 1. The first kappa shape index (κ1) is 13.4. The molecule has 98 valence electrons. The SMILES string of the molecule is CC(C)C(C)NC(=O)C1(c2ccc(Cl)cc2)CC1. The van der Waals surface area contributed by atoms with Crippen LogP contribution >= 0.6 is 11.6 Å². The normalized spacial score (nSPS) is 18.5. The van der Waals surface area contributed by atoms with Gasteiger partial charge in [0.1, 0.15) is 0 Å². The van der Waals surface area contributed by atoms with Gasteiger partial charge in [-0.25, -0.2) is 0 Å². The van der Waals surface area contributed by atoms with Gasteiger partial charge in [-0.15, -0.1) is 0 Å². The zero-order valence-corrected chi connectivity index (χ0v) is 11.9. The zero-order chi connectivity index (χ0) is 13.3. The molecule has 0 aromatic heterocycles. The lowest BCUT2D eigenvalue weighted by Gasteiger charge is -2.22. The van der Waals surface area contributed by atoms with Crippen molar-refractivity contribution in [1.82, 2.24) is 5.32 Å². The van der Waals surface area contributed by atoms with Crippen molar-refractivity contribution in [3.05, 3.63) is 34.9 Å². The molecular weight excluding hydrogens is 246 g/mol. The maximum Gasteiger partial charge on any atom is 0.230 e. The summed E-state index contributed by atoms with van der Waals surface area (Å²) in [6.07, 6.45) is 1.87. The van der Waals surface area contributed by atoms with Crippen LogP contribution in [0, 0.1) is 5.92 Å². The first-order valence-corrected chi connectivity index (χ1v) is 6.90. The van der Waals surface area contributed by atoms with E-state index in [4.69, 9.17) is 11.6 Å². The fourth-order valence-corrected chi connectivity index (χ4v) is 2.18. The van der Waals surface area contributed by atoms with Gasteiger partial charge in [-0.1, -0.05) is 37.6 Å². The van der Waals surface area contributed by atoms with Crippen LogP contribution in [0.4, 0.5) is 0 Å². The largest absolute Gasteiger partial charge is 0.353 e. The molecule has 0 spiro atoms. The first-order chi connectivity index (χ1) is 8.45. The summed E-state index contributed by atoms with van der Waals surface area (Å²) in [5, 5.41) is 3.84. The predicted octanol–water partition coefficient (Wildman–Crippen LogP) is 3.53. The number of benzene rings is 1. The second-order valence-electron chi connectivity index (χ2n) is 5.60. The summed E-state index contributed by atoms with van der Waals surface area (Å²) in [6, 6.07) is 7.86. The van der Waals surface area contributed by atoms with E-state index in [9.17, 15) is 4.79 Å². The molecule has 1 unspecified atom stereocenters. The van der Waals surface area contributed by atoms with Crippen LogP contribution < -0.4 is 5.32 Å². The summed E-state index contributed by atoms with van der Waals surface area (Å²) in [5.74, 6) is 0.612. The molecule has 0 bridgehead atoms. The highest BCUT2D eigenvalue weighted by atomic mass is 35.5. The summed E-state index contributed by atoms with van der Waals surface area (Å²) in [7, 11) is 0. The van der Waals surface area contributed by atoms with E-state index in [-0.39, 0.29) is 17.4 Å². The van der Waals surface area contributed by atoms with Crippen LogP contribution in [0.5, 0.6) is 0 Å². The van der Waals surface area contributed by atoms with Gasteiger partial charge in [-0.2, -0.15) is 0 Å². The predicted molar refractivity (Wildman–Crippen MR) is 74.8 cm³/mol. The van der Waals surface area contributed by atoms with Crippen molar-refractivity contribution in [1.29, 1.82) is 0 Å². The number of carbonyl (C=O) groups is 1. The Morgan fingerprint density at radius 1 is 1.22 bits per heavy atom. The molecule has 0 heterocycles. The molecule has 0 aliphatic heterocycles. The standard InChI is InChI=1S/C15H20ClNO/c1-10(2)11(3)17-14(18)15(8-9-15)12-4-6-13(16)7-5-12/h4-7,10-11H,8-9H2,1-3H3,(H,17,18). The Bertz CT molecular complexity index is 434. The van der Waals surface area contributed by atoms with Crippen molar-refractivity contribution < 1.29 is 4.79 Å². The molecule has 2 nitrogen and oxygen atoms in total. The molecule has 3 heteroatoms. The topological polar surface area (TPSA) is 29.1 Å². The van der Waals surface area contributed by atoms with E-state index in [1.54, 1.807) is 0 Å². The Balaban J connectivity index is 2.12. The minimum Gasteiger partial charge on any atom is -0.353 e. The second-order valence-corrected chi connectivity index (χ2v) is 6.03. The van der Waals surface area contributed by atoms with Crippen LogP contribution in [0.1, 0.15) is 39.2 Å². The maximum atomic E-state index is 12.4. The maximum absolute atomic E-state index is 12.4. The summed E-state index contributed by atoms with van der Waals surface area (Å²) >= 11 is 5.89. The van der Waals surface area contributed by atoms with Crippen molar-refractivity contribution in [2.45, 2.75) is 45.1 Å². The van der Waals surface area contributed by atoms with Crippen molar-refractivity contribution in [3.63, 3.8) is 0 Å². The highest BCUT2D eigenvalue weighted by Crippen LogP contribution is 2.48. The fraction of sp³-hybridized carbons (Fsp3) is 0.533. The summed E-state index contributed by atoms with van der Waals surface area (Å²) in [6.45, 7) is 6.29. The third-order valence-corrected chi connectivity index (χ3v) is 4.19. The lowest BCUT2D eigenvalue weighted by Crippen LogP contribution is -2.42. The molecule has 0 saturated heterocycles. The molecule has 1 aliphatic carbocycles. The van der Waals surface area contributed by atoms with E-state index >= 15 is 0 Å². The molecule has 1 aromatic rings. The van der Waals surface area contributed by atoms with Gasteiger partial charge in [0.05, 0.1) is 5.41 Å². The molecule has 1 aliphatic rings. The monoisotopic (exact) mass is 265 g/mol. The Labute approximate surface area is 114 Å². The van der Waals surface area contributed by atoms with Gasteiger partial charge in [0.2, 0.25) is 5.91 Å². The summed E-state index contributed by atoms with van der Waals surface area (Å²) in [5.41, 5.74) is 0.786. The lowest BCUT2D eigenvalue weighted by atomic mass is 9.94. The van der Waals surface area contributed by atoms with Gasteiger partial charge in [-0.3, -0.25) is 4.79 Å². The van der Waals surface area contributed by atoms with Crippen molar-refractivity contribution in [2.75, 3.05) is 0 Å². The zero-order valence-electron chi connectivity index (χ0n) is 11.2. The van der Waals surface area contributed by atoms with Crippen LogP contribution in [0.25, 0.3) is 0 Å². The molecule has 0 radical (unpaired) electrons. The lowest BCUT2D eigenvalue weighted by molar-refractivity contribution is -0.124. The Hall–Kier alpha value is -1.02. The van der Waals surface area contributed by atoms with Crippen LogP contribution in [0.15, 0.2) is 24.3 Å². The van der Waals surface area contributed by atoms with Crippen molar-refractivity contribution in [3.8, 4) is 0 Å². The van der Waals surface area contributed by atoms with Crippen LogP contribution in [0.3, 0.4) is 0 Å². The number of carbonyl (C=O) groups excluding carboxylic acids is 1. The summed E-state index contributed by atoms with van der Waals surface area (Å²) in [4.78, 5) is 12.4. The molecular formula is C15H20ClNO. The Morgan fingerprint density at radius 3 is 2.22 bits per heavy atom. The molecule has 1 amide bonds. The van der Waals surface area contributed by atoms with Crippen molar-refractivity contribution in [2.24, 2.45) is 5.92 Å². The van der Waals surface area contributed by atoms with E-state index < -0.39 is 0 Å². The Morgan fingerprint density at radius 2 is 1.78 bits per heavy atom. The third-order valence-electron chi connectivity index (χ3n) is 3.94. The minimum atomic E-state index is -0.298. The molecule has 1 aromatic carbocycles. The number of hydrogen-bond acceptors (Lipinski definition) is 1. The summed E-state index contributed by atoms with van der Waals surface area (Å²) < 4.78 is 0. The van der Waals surface area contributed by atoms with Crippen LogP contribution in [-0.4, -0.2) is 11.9 Å². The van der Waals surface area contributed by atoms with E-state index in [1.807, 2.05) is 24.3 Å². The van der Waals surface area contributed by atoms with Gasteiger partial charge >= 0.3 is 0 Å². The van der Waals surface area contributed by atoms with E-state index in [0.717, 1.165) is 18.4 Å². The van der Waals surface area contributed by atoms with Crippen LogP contribution in [0.2, 0.25) is 5.02 Å². The highest BCUT2D eigenvalue weighted by molar-refractivity contribution is 6.30. The average molecular weight is 266 g/mol. The molecule has 1 saturated carbocycles. The van der Waals surface area contributed by atoms with Crippen LogP contribution in [-0.2, 0) is 10.2 Å². The van der Waals surface area contributed by atoms with Gasteiger partial charge < -0.3 is 5.32 Å². The molecule has 1 atom stereocenters. The molecule has 18 heavy (non-hydrogen) atoms. The molecule has 1 N–H and O–H groups in total. The van der Waals surface area contributed by atoms with Gasteiger partial charge in [0, 0.05) is 11.1 Å². The number of hydrogen-bond donors (Lipinski definition) is 1. The fourth-order valence-electron chi connectivity index (χ4n) is 2.05. The smallest absolute Gasteiger partial charge is 0.230 e. The molecule has 1 fully saturated rings.